The molecule has 0 bridgehead atoms. The van der Waals surface area contributed by atoms with Crippen molar-refractivity contribution in [2.24, 2.45) is 5.73 Å². The Balaban J connectivity index is 0.00000242. The number of benzene rings is 1. The van der Waals surface area contributed by atoms with Crippen molar-refractivity contribution in [1.29, 1.82) is 0 Å². The number of aromatic amines is 1. The fourth-order valence-electron chi connectivity index (χ4n) is 2.28. The molecule has 2 aromatic rings. The first-order valence-corrected chi connectivity index (χ1v) is 7.69. The summed E-state index contributed by atoms with van der Waals surface area (Å²) in [7, 11) is 0. The lowest BCUT2D eigenvalue weighted by molar-refractivity contribution is -0.117. The minimum absolute atomic E-state index is 0. The van der Waals surface area contributed by atoms with Gasteiger partial charge in [0.25, 0.3) is 0 Å². The molecular formula is C16H26Cl2N4O. The van der Waals surface area contributed by atoms with Crippen molar-refractivity contribution >= 4 is 47.4 Å². The Hall–Kier alpha value is -1.30. The second-order valence-electron chi connectivity index (χ2n) is 5.40. The van der Waals surface area contributed by atoms with E-state index >= 15 is 0 Å². The highest BCUT2D eigenvalue weighted by Crippen LogP contribution is 2.18. The lowest BCUT2D eigenvalue weighted by Gasteiger charge is -2.10. The van der Waals surface area contributed by atoms with Crippen LogP contribution in [0.5, 0.6) is 0 Å². The first-order chi connectivity index (χ1) is 10.1. The number of aryl methyl sites for hydroxylation is 1. The van der Waals surface area contributed by atoms with E-state index < -0.39 is 6.04 Å². The first-order valence-electron chi connectivity index (χ1n) is 7.69. The second-order valence-corrected chi connectivity index (χ2v) is 5.40. The fraction of sp³-hybridized carbons (Fsp3) is 0.500. The van der Waals surface area contributed by atoms with E-state index in [1.54, 1.807) is 0 Å². The molecule has 23 heavy (non-hydrogen) atoms. The number of rotatable bonds is 7. The monoisotopic (exact) mass is 360 g/mol. The van der Waals surface area contributed by atoms with E-state index in [1.165, 1.54) is 0 Å². The van der Waals surface area contributed by atoms with Crippen LogP contribution in [0.4, 0.5) is 5.69 Å². The Morgan fingerprint density at radius 1 is 1.30 bits per heavy atom. The number of hydrogen-bond acceptors (Lipinski definition) is 3. The third-order valence-electron chi connectivity index (χ3n) is 3.50. The topological polar surface area (TPSA) is 83.8 Å². The van der Waals surface area contributed by atoms with Gasteiger partial charge in [0.15, 0.2) is 0 Å². The lowest BCUT2D eigenvalue weighted by Crippen LogP contribution is -2.35. The zero-order valence-corrected chi connectivity index (χ0v) is 15.2. The maximum atomic E-state index is 11.9. The minimum Gasteiger partial charge on any atom is -0.342 e. The number of halogens is 2. The number of nitrogens with one attached hydrogen (secondary N) is 2. The highest BCUT2D eigenvalue weighted by Gasteiger charge is 2.12. The zero-order valence-electron chi connectivity index (χ0n) is 13.6. The van der Waals surface area contributed by atoms with Crippen LogP contribution >= 0.6 is 24.8 Å². The van der Waals surface area contributed by atoms with Gasteiger partial charge in [-0.2, -0.15) is 0 Å². The van der Waals surface area contributed by atoms with E-state index in [4.69, 9.17) is 5.73 Å². The van der Waals surface area contributed by atoms with Crippen molar-refractivity contribution in [3.63, 3.8) is 0 Å². The van der Waals surface area contributed by atoms with Crippen LogP contribution in [0.15, 0.2) is 18.2 Å². The van der Waals surface area contributed by atoms with Gasteiger partial charge in [-0.1, -0.05) is 26.7 Å². The van der Waals surface area contributed by atoms with E-state index in [0.29, 0.717) is 6.42 Å². The number of H-pyrrole nitrogens is 1. The van der Waals surface area contributed by atoms with Crippen LogP contribution in [0, 0.1) is 0 Å². The van der Waals surface area contributed by atoms with Crippen molar-refractivity contribution in [3.05, 3.63) is 24.0 Å². The predicted molar refractivity (Wildman–Crippen MR) is 101 cm³/mol. The third kappa shape index (κ3) is 6.01. The first kappa shape index (κ1) is 21.7. The summed E-state index contributed by atoms with van der Waals surface area (Å²) in [6, 6.07) is 5.24. The molecule has 0 aliphatic rings. The van der Waals surface area contributed by atoms with E-state index in [9.17, 15) is 4.79 Å². The van der Waals surface area contributed by atoms with E-state index in [2.05, 4.69) is 22.2 Å². The maximum Gasteiger partial charge on any atom is 0.241 e. The van der Waals surface area contributed by atoms with Crippen molar-refractivity contribution in [2.45, 2.75) is 52.0 Å². The summed E-state index contributed by atoms with van der Waals surface area (Å²) < 4.78 is 0. The fourth-order valence-corrected chi connectivity index (χ4v) is 2.28. The average Bonchev–Trinajstić information content (AvgIpc) is 2.87. The van der Waals surface area contributed by atoms with Crippen LogP contribution in [-0.4, -0.2) is 21.9 Å². The molecule has 1 atom stereocenters. The Kier molecular flexibility index (Phi) is 9.88. The molecule has 5 nitrogen and oxygen atoms in total. The van der Waals surface area contributed by atoms with Crippen molar-refractivity contribution in [1.82, 2.24) is 9.97 Å². The molecule has 1 amide bonds. The molecule has 130 valence electrons. The molecule has 0 aliphatic carbocycles. The number of anilines is 1. The normalized spacial score (nSPS) is 11.4. The Labute approximate surface area is 149 Å². The number of carbonyl (C=O) groups excluding carboxylic acids is 1. The van der Waals surface area contributed by atoms with E-state index in [1.807, 2.05) is 25.1 Å². The summed E-state index contributed by atoms with van der Waals surface area (Å²) in [5.74, 6) is 0.861. The van der Waals surface area contributed by atoms with Crippen LogP contribution in [0.3, 0.4) is 0 Å². The molecule has 1 heterocycles. The second kappa shape index (κ2) is 10.5. The largest absolute Gasteiger partial charge is 0.342 e. The van der Waals surface area contributed by atoms with Gasteiger partial charge in [0.05, 0.1) is 17.1 Å². The average molecular weight is 361 g/mol. The number of aromatic nitrogens is 2. The van der Waals surface area contributed by atoms with Crippen LogP contribution in [0.25, 0.3) is 11.0 Å². The van der Waals surface area contributed by atoms with Gasteiger partial charge in [-0.15, -0.1) is 24.8 Å². The van der Waals surface area contributed by atoms with Gasteiger partial charge < -0.3 is 16.0 Å². The number of carbonyl (C=O) groups is 1. The number of imidazole rings is 1. The molecule has 1 unspecified atom stereocenters. The highest BCUT2D eigenvalue weighted by molar-refractivity contribution is 5.96. The molecule has 0 spiro atoms. The van der Waals surface area contributed by atoms with E-state index in [0.717, 1.165) is 48.2 Å². The van der Waals surface area contributed by atoms with Gasteiger partial charge in [0.1, 0.15) is 5.82 Å². The Morgan fingerprint density at radius 2 is 2.04 bits per heavy atom. The van der Waals surface area contributed by atoms with Gasteiger partial charge in [0, 0.05) is 12.1 Å². The molecule has 1 aromatic heterocycles. The van der Waals surface area contributed by atoms with E-state index in [-0.39, 0.29) is 30.7 Å². The summed E-state index contributed by atoms with van der Waals surface area (Å²) in [5.41, 5.74) is 8.44. The van der Waals surface area contributed by atoms with Gasteiger partial charge in [-0.25, -0.2) is 4.98 Å². The number of hydrogen-bond donors (Lipinski definition) is 3. The van der Waals surface area contributed by atoms with Gasteiger partial charge in [-0.05, 0) is 31.0 Å². The zero-order chi connectivity index (χ0) is 15.2. The third-order valence-corrected chi connectivity index (χ3v) is 3.50. The molecule has 2 rings (SSSR count). The van der Waals surface area contributed by atoms with Crippen LogP contribution in [0.2, 0.25) is 0 Å². The van der Waals surface area contributed by atoms with Gasteiger partial charge in [-0.3, -0.25) is 4.79 Å². The number of amides is 1. The molecule has 1 aromatic carbocycles. The summed E-state index contributed by atoms with van der Waals surface area (Å²) in [4.78, 5) is 19.8. The lowest BCUT2D eigenvalue weighted by atomic mass is 10.1. The van der Waals surface area contributed by atoms with Crippen molar-refractivity contribution < 1.29 is 4.79 Å². The smallest absolute Gasteiger partial charge is 0.241 e. The molecule has 0 saturated carbocycles. The highest BCUT2D eigenvalue weighted by atomic mass is 35.5. The van der Waals surface area contributed by atoms with Crippen molar-refractivity contribution in [3.8, 4) is 0 Å². The molecular weight excluding hydrogens is 335 g/mol. The number of nitrogens with two attached hydrogens (primary N) is 1. The van der Waals surface area contributed by atoms with Gasteiger partial charge >= 0.3 is 0 Å². The Bertz CT molecular complexity index is 615. The summed E-state index contributed by atoms with van der Waals surface area (Å²) in [5, 5.41) is 2.86. The molecule has 0 saturated heterocycles. The summed E-state index contributed by atoms with van der Waals surface area (Å²) >= 11 is 0. The van der Waals surface area contributed by atoms with Crippen LogP contribution in [-0.2, 0) is 11.2 Å². The molecule has 4 N–H and O–H groups in total. The Morgan fingerprint density at radius 3 is 2.70 bits per heavy atom. The number of unbranched alkanes of at least 4 members (excludes halogenated alkanes) is 1. The van der Waals surface area contributed by atoms with Crippen molar-refractivity contribution in [2.75, 3.05) is 5.32 Å². The minimum atomic E-state index is -0.451. The maximum absolute atomic E-state index is 11.9. The van der Waals surface area contributed by atoms with Crippen LogP contribution < -0.4 is 11.1 Å². The van der Waals surface area contributed by atoms with Crippen LogP contribution in [0.1, 0.15) is 45.4 Å². The number of nitrogens with zero attached hydrogens (tertiary/aromatic N) is 1. The SMILES string of the molecule is CCCCc1nc2ccc(NC(=O)C(N)CCC)cc2[nH]1.Cl.Cl. The number of fused-ring (bicyclic) bond motifs is 1. The van der Waals surface area contributed by atoms with Gasteiger partial charge in [0.2, 0.25) is 5.91 Å². The quantitative estimate of drug-likeness (QED) is 0.701. The molecule has 7 heteroatoms. The summed E-state index contributed by atoms with van der Waals surface area (Å²) in [6.07, 6.45) is 4.81. The predicted octanol–water partition coefficient (Wildman–Crippen LogP) is 3.82. The molecule has 0 aliphatic heterocycles. The summed E-state index contributed by atoms with van der Waals surface area (Å²) in [6.45, 7) is 4.18. The molecule has 0 radical (unpaired) electrons. The molecule has 0 fully saturated rings. The standard InChI is InChI=1S/C16H24N4O.2ClH/c1-3-5-7-15-19-13-9-8-11(10-14(13)20-15)18-16(21)12(17)6-4-2;;/h8-10,12H,3-7,17H2,1-2H3,(H,18,21)(H,19,20);2*1H.